The number of aryl methyl sites for hydroxylation is 1. The molecule has 2 fully saturated rings. The quantitative estimate of drug-likeness (QED) is 0.580. The van der Waals surface area contributed by atoms with Crippen molar-refractivity contribution in [1.29, 1.82) is 0 Å². The summed E-state index contributed by atoms with van der Waals surface area (Å²) in [4.78, 5) is 23.0. The molecule has 0 bridgehead atoms. The maximum Gasteiger partial charge on any atom is 0.256 e. The van der Waals surface area contributed by atoms with Crippen LogP contribution in [-0.2, 0) is 0 Å². The third-order valence-corrected chi connectivity index (χ3v) is 7.27. The highest BCUT2D eigenvalue weighted by Gasteiger charge is 2.32. The van der Waals surface area contributed by atoms with E-state index in [4.69, 9.17) is 21.7 Å². The Bertz CT molecular complexity index is 1190. The number of amides is 1. The van der Waals surface area contributed by atoms with E-state index in [0.29, 0.717) is 23.2 Å². The van der Waals surface area contributed by atoms with Crippen LogP contribution in [0.3, 0.4) is 0 Å². The summed E-state index contributed by atoms with van der Waals surface area (Å²) < 4.78 is 1.87. The van der Waals surface area contributed by atoms with E-state index in [9.17, 15) is 4.79 Å². The summed E-state index contributed by atoms with van der Waals surface area (Å²) in [6, 6.07) is 7.88. The molecular weight excluding hydrogens is 436 g/mol. The van der Waals surface area contributed by atoms with Crippen LogP contribution in [0.1, 0.15) is 66.7 Å². The van der Waals surface area contributed by atoms with Crippen molar-refractivity contribution in [2.24, 2.45) is 0 Å². The highest BCUT2D eigenvalue weighted by atomic mass is 35.5. The van der Waals surface area contributed by atoms with Gasteiger partial charge in [-0.05, 0) is 64.2 Å². The molecule has 7 nitrogen and oxygen atoms in total. The number of benzene rings is 1. The van der Waals surface area contributed by atoms with E-state index < -0.39 is 0 Å². The largest absolute Gasteiger partial charge is 0.387 e. The monoisotopic (exact) mass is 466 g/mol. The van der Waals surface area contributed by atoms with E-state index in [-0.39, 0.29) is 11.9 Å². The Balaban J connectivity index is 1.50. The summed E-state index contributed by atoms with van der Waals surface area (Å²) in [5, 5.41) is 8.55. The van der Waals surface area contributed by atoms with E-state index in [2.05, 4.69) is 36.3 Å². The summed E-state index contributed by atoms with van der Waals surface area (Å²) in [6.45, 7) is 6.12. The van der Waals surface area contributed by atoms with Gasteiger partial charge in [0.25, 0.3) is 5.91 Å². The Hall–Kier alpha value is -2.80. The first kappa shape index (κ1) is 22.0. The second-order valence-corrected chi connectivity index (χ2v) is 9.69. The van der Waals surface area contributed by atoms with Crippen LogP contribution >= 0.6 is 11.6 Å². The number of rotatable bonds is 4. The number of piperidine rings is 1. The normalized spacial score (nSPS) is 21.1. The van der Waals surface area contributed by atoms with Crippen molar-refractivity contribution >= 4 is 34.7 Å². The van der Waals surface area contributed by atoms with Gasteiger partial charge in [0.05, 0.1) is 17.3 Å². The molecule has 174 valence electrons. The Labute approximate surface area is 199 Å². The maximum absolute atomic E-state index is 13.6. The third-order valence-electron chi connectivity index (χ3n) is 7.04. The van der Waals surface area contributed by atoms with Crippen molar-refractivity contribution < 1.29 is 4.79 Å². The number of fused-ring (bicyclic) bond motifs is 1. The van der Waals surface area contributed by atoms with Crippen molar-refractivity contribution in [1.82, 2.24) is 19.5 Å². The van der Waals surface area contributed by atoms with Crippen LogP contribution in [0.4, 0.5) is 11.5 Å². The topological polar surface area (TPSA) is 65.8 Å². The minimum Gasteiger partial charge on any atom is -0.387 e. The highest BCUT2D eigenvalue weighted by molar-refractivity contribution is 6.31. The second kappa shape index (κ2) is 8.86. The molecule has 1 N–H and O–H groups in total. The maximum atomic E-state index is 13.6. The average molecular weight is 467 g/mol. The molecular formula is C25H31ClN6O. The number of likely N-dealkylation sites (tertiary alicyclic amines) is 1. The molecule has 5 rings (SSSR count). The first-order chi connectivity index (χ1) is 16.0. The summed E-state index contributed by atoms with van der Waals surface area (Å²) in [5.74, 6) is 1.03. The summed E-state index contributed by atoms with van der Waals surface area (Å²) >= 11 is 6.23. The van der Waals surface area contributed by atoms with E-state index in [0.717, 1.165) is 54.2 Å². The van der Waals surface area contributed by atoms with Crippen molar-refractivity contribution in [2.75, 3.05) is 30.4 Å². The SMILES string of the molecule is CNc1ccc(Cl)cc1C(=O)N1CCCC[C@H]1c1cc2nc(N3CCC[C@H]3C)c(C)cn2n1. The van der Waals surface area contributed by atoms with Crippen LogP contribution in [0.15, 0.2) is 30.5 Å². The van der Waals surface area contributed by atoms with Crippen molar-refractivity contribution in [3.05, 3.63) is 52.3 Å². The summed E-state index contributed by atoms with van der Waals surface area (Å²) in [7, 11) is 1.82. The lowest BCUT2D eigenvalue weighted by Gasteiger charge is -2.35. The molecule has 33 heavy (non-hydrogen) atoms. The van der Waals surface area contributed by atoms with Gasteiger partial charge < -0.3 is 15.1 Å². The smallest absolute Gasteiger partial charge is 0.256 e. The number of nitrogens with zero attached hydrogens (tertiary/aromatic N) is 5. The fourth-order valence-electron chi connectivity index (χ4n) is 5.27. The first-order valence-corrected chi connectivity index (χ1v) is 12.3. The van der Waals surface area contributed by atoms with Crippen LogP contribution in [0.5, 0.6) is 0 Å². The van der Waals surface area contributed by atoms with Crippen LogP contribution in [0.25, 0.3) is 5.65 Å². The molecule has 0 unspecified atom stereocenters. The summed E-state index contributed by atoms with van der Waals surface area (Å²) in [6.07, 6.45) is 7.42. The van der Waals surface area contributed by atoms with E-state index in [1.807, 2.05) is 22.5 Å². The molecule has 0 saturated carbocycles. The van der Waals surface area contributed by atoms with Gasteiger partial charge in [-0.15, -0.1) is 0 Å². The molecule has 2 saturated heterocycles. The average Bonchev–Trinajstić information content (AvgIpc) is 3.43. The molecule has 2 aliphatic heterocycles. The molecule has 8 heteroatoms. The Morgan fingerprint density at radius 2 is 2.00 bits per heavy atom. The minimum atomic E-state index is -0.0777. The predicted octanol–water partition coefficient (Wildman–Crippen LogP) is 5.09. The number of hydrogen-bond donors (Lipinski definition) is 1. The van der Waals surface area contributed by atoms with Crippen molar-refractivity contribution in [3.63, 3.8) is 0 Å². The van der Waals surface area contributed by atoms with Gasteiger partial charge in [0, 0.05) is 54.7 Å². The zero-order valence-corrected chi connectivity index (χ0v) is 20.3. The number of halogens is 1. The van der Waals surface area contributed by atoms with Crippen LogP contribution in [0, 0.1) is 6.92 Å². The molecule has 0 radical (unpaired) electrons. The van der Waals surface area contributed by atoms with E-state index in [1.165, 1.54) is 12.8 Å². The van der Waals surface area contributed by atoms with Gasteiger partial charge in [-0.2, -0.15) is 5.10 Å². The Kier molecular flexibility index (Phi) is 5.91. The van der Waals surface area contributed by atoms with E-state index >= 15 is 0 Å². The molecule has 2 aliphatic rings. The summed E-state index contributed by atoms with van der Waals surface area (Å²) in [5.41, 5.74) is 4.24. The van der Waals surface area contributed by atoms with Gasteiger partial charge in [-0.1, -0.05) is 11.6 Å². The lowest BCUT2D eigenvalue weighted by molar-refractivity contribution is 0.0606. The van der Waals surface area contributed by atoms with Gasteiger partial charge in [0.15, 0.2) is 5.65 Å². The molecule has 2 atom stereocenters. The molecule has 1 aromatic carbocycles. The Morgan fingerprint density at radius 3 is 2.76 bits per heavy atom. The van der Waals surface area contributed by atoms with Crippen LogP contribution in [-0.4, -0.2) is 51.6 Å². The first-order valence-electron chi connectivity index (χ1n) is 11.9. The van der Waals surface area contributed by atoms with E-state index in [1.54, 1.807) is 12.1 Å². The number of nitrogens with one attached hydrogen (secondary N) is 1. The fourth-order valence-corrected chi connectivity index (χ4v) is 5.44. The molecule has 1 amide bonds. The molecule has 0 aliphatic carbocycles. The van der Waals surface area contributed by atoms with Gasteiger partial charge in [0.1, 0.15) is 5.82 Å². The second-order valence-electron chi connectivity index (χ2n) is 9.25. The lowest BCUT2D eigenvalue weighted by atomic mass is 9.98. The van der Waals surface area contributed by atoms with Gasteiger partial charge in [0.2, 0.25) is 0 Å². The fraction of sp³-hybridized carbons (Fsp3) is 0.480. The standard InChI is InChI=1S/C25H31ClN6O/c1-16-15-32-23(28-24(16)30-12-6-7-17(30)2)14-21(29-32)22-8-4-5-11-31(22)25(33)19-13-18(26)9-10-20(19)27-3/h9-10,13-15,17,22,27H,4-8,11-12H2,1-3H3/t17-,22+/m1/s1. The van der Waals surface area contributed by atoms with Gasteiger partial charge >= 0.3 is 0 Å². The number of hydrogen-bond acceptors (Lipinski definition) is 5. The number of anilines is 2. The number of carbonyl (C=O) groups is 1. The van der Waals surface area contributed by atoms with Gasteiger partial charge in [-0.3, -0.25) is 4.79 Å². The van der Waals surface area contributed by atoms with Crippen molar-refractivity contribution in [2.45, 2.75) is 58.0 Å². The van der Waals surface area contributed by atoms with Gasteiger partial charge in [-0.25, -0.2) is 9.50 Å². The number of carbonyl (C=O) groups excluding carboxylic acids is 1. The van der Waals surface area contributed by atoms with Crippen LogP contribution in [0.2, 0.25) is 5.02 Å². The zero-order chi connectivity index (χ0) is 23.1. The zero-order valence-electron chi connectivity index (χ0n) is 19.5. The Morgan fingerprint density at radius 1 is 1.15 bits per heavy atom. The molecule has 3 aromatic rings. The minimum absolute atomic E-state index is 0.0145. The van der Waals surface area contributed by atoms with Crippen LogP contribution < -0.4 is 10.2 Å². The predicted molar refractivity (Wildman–Crippen MR) is 132 cm³/mol. The molecule has 0 spiro atoms. The highest BCUT2D eigenvalue weighted by Crippen LogP contribution is 2.34. The third kappa shape index (κ3) is 4.03. The lowest BCUT2D eigenvalue weighted by Crippen LogP contribution is -2.39. The number of aromatic nitrogens is 3. The molecule has 4 heterocycles. The van der Waals surface area contributed by atoms with Crippen molar-refractivity contribution in [3.8, 4) is 0 Å². The molecule has 2 aromatic heterocycles.